The summed E-state index contributed by atoms with van der Waals surface area (Å²) in [6.07, 6.45) is 1.85. The molecule has 0 N–H and O–H groups in total. The Balaban J connectivity index is 1.84. The van der Waals surface area contributed by atoms with Crippen molar-refractivity contribution in [3.05, 3.63) is 59.7 Å². The number of hydrogen-bond acceptors (Lipinski definition) is 2. The fraction of sp³-hybridized carbons (Fsp3) is 0.385. The topological polar surface area (TPSA) is 40.6 Å². The van der Waals surface area contributed by atoms with Crippen LogP contribution in [0.25, 0.3) is 11.1 Å². The Labute approximate surface area is 179 Å². The summed E-state index contributed by atoms with van der Waals surface area (Å²) in [7, 11) is 0. The van der Waals surface area contributed by atoms with Crippen molar-refractivity contribution in [1.82, 2.24) is 0 Å². The maximum absolute atomic E-state index is 13.6. The normalized spacial score (nSPS) is 18.1. The van der Waals surface area contributed by atoms with E-state index in [1.165, 1.54) is 0 Å². The minimum atomic E-state index is -0.0549. The van der Waals surface area contributed by atoms with Gasteiger partial charge in [0.1, 0.15) is 0 Å². The summed E-state index contributed by atoms with van der Waals surface area (Å²) in [5.74, 6) is 0.894. The Morgan fingerprint density at radius 1 is 0.633 bits per heavy atom. The molecule has 2 aliphatic rings. The molecule has 0 fully saturated rings. The zero-order chi connectivity index (χ0) is 21.4. The van der Waals surface area contributed by atoms with Crippen LogP contribution in [-0.4, -0.2) is 24.9 Å². The summed E-state index contributed by atoms with van der Waals surface area (Å²) in [4.78, 5) is 30.9. The first kappa shape index (κ1) is 20.4. The monoisotopic (exact) mass is 402 g/mol. The van der Waals surface area contributed by atoms with Crippen LogP contribution in [0.15, 0.2) is 48.5 Å². The molecule has 2 aromatic carbocycles. The molecule has 0 aliphatic carbocycles. The zero-order valence-electron chi connectivity index (χ0n) is 18.3. The second kappa shape index (κ2) is 8.10. The number of fused-ring (bicyclic) bond motifs is 2. The van der Waals surface area contributed by atoms with Gasteiger partial charge in [-0.05, 0) is 36.8 Å². The Bertz CT molecular complexity index is 938. The molecule has 2 heterocycles. The van der Waals surface area contributed by atoms with E-state index in [4.69, 9.17) is 0 Å². The van der Waals surface area contributed by atoms with Crippen LogP contribution in [0.5, 0.6) is 0 Å². The smallest absolute Gasteiger partial charge is 0.259 e. The highest BCUT2D eigenvalue weighted by molar-refractivity contribution is 6.49. The molecule has 0 saturated heterocycles. The second-order valence-electron chi connectivity index (χ2n) is 9.06. The van der Waals surface area contributed by atoms with Crippen LogP contribution in [-0.2, 0) is 9.59 Å². The van der Waals surface area contributed by atoms with Gasteiger partial charge in [0.2, 0.25) is 0 Å². The van der Waals surface area contributed by atoms with Crippen molar-refractivity contribution in [2.45, 2.75) is 40.5 Å². The van der Waals surface area contributed by atoms with E-state index in [2.05, 4.69) is 27.7 Å². The minimum absolute atomic E-state index is 0.0549. The number of anilines is 2. The van der Waals surface area contributed by atoms with Gasteiger partial charge >= 0.3 is 0 Å². The summed E-state index contributed by atoms with van der Waals surface area (Å²) in [6.45, 7) is 9.98. The zero-order valence-corrected chi connectivity index (χ0v) is 18.3. The third-order valence-electron chi connectivity index (χ3n) is 5.96. The van der Waals surface area contributed by atoms with Crippen LogP contribution in [0.3, 0.4) is 0 Å². The molecule has 4 heteroatoms. The molecule has 0 unspecified atom stereocenters. The van der Waals surface area contributed by atoms with Gasteiger partial charge in [0.25, 0.3) is 11.8 Å². The lowest BCUT2D eigenvalue weighted by atomic mass is 9.96. The van der Waals surface area contributed by atoms with E-state index in [9.17, 15) is 9.59 Å². The summed E-state index contributed by atoms with van der Waals surface area (Å²) < 4.78 is 0. The molecule has 4 nitrogen and oxygen atoms in total. The SMILES string of the molecule is CC(C)CCN1C(=O)/C(=C2/C(=O)N(CCC(C)C)c3ccccc32)c2ccccc21. The number of rotatable bonds is 6. The number of carbonyl (C=O) groups is 2. The van der Waals surface area contributed by atoms with Crippen LogP contribution in [0.1, 0.15) is 51.7 Å². The van der Waals surface area contributed by atoms with E-state index >= 15 is 0 Å². The predicted octanol–water partition coefficient (Wildman–Crippen LogP) is 5.38. The number of para-hydroxylation sites is 2. The van der Waals surface area contributed by atoms with Gasteiger partial charge in [-0.1, -0.05) is 64.1 Å². The Morgan fingerprint density at radius 2 is 1.00 bits per heavy atom. The first-order valence-electron chi connectivity index (χ1n) is 11.0. The number of hydrogen-bond donors (Lipinski definition) is 0. The molecule has 0 radical (unpaired) electrons. The highest BCUT2D eigenvalue weighted by atomic mass is 16.2. The average molecular weight is 403 g/mol. The Hall–Kier alpha value is -2.88. The van der Waals surface area contributed by atoms with Crippen molar-refractivity contribution < 1.29 is 9.59 Å². The molecule has 0 atom stereocenters. The van der Waals surface area contributed by atoms with Gasteiger partial charge < -0.3 is 9.80 Å². The van der Waals surface area contributed by atoms with Crippen LogP contribution in [0.2, 0.25) is 0 Å². The Kier molecular flexibility index (Phi) is 5.50. The quantitative estimate of drug-likeness (QED) is 0.609. The molecule has 2 amide bonds. The fourth-order valence-electron chi connectivity index (χ4n) is 4.26. The highest BCUT2D eigenvalue weighted by Crippen LogP contribution is 2.46. The van der Waals surface area contributed by atoms with E-state index in [1.54, 1.807) is 0 Å². The standard InChI is InChI=1S/C26H30N2O2/c1-17(2)13-15-27-21-11-7-5-9-19(21)23(25(27)29)24-20-10-6-8-12-22(20)28(26(24)30)16-14-18(3)4/h5-12,17-18H,13-16H2,1-4H3/b24-23+. The lowest BCUT2D eigenvalue weighted by molar-refractivity contribution is -0.114. The molecular weight excluding hydrogens is 372 g/mol. The fourth-order valence-corrected chi connectivity index (χ4v) is 4.26. The van der Waals surface area contributed by atoms with Crippen molar-refractivity contribution in [1.29, 1.82) is 0 Å². The maximum Gasteiger partial charge on any atom is 0.259 e. The minimum Gasteiger partial charge on any atom is -0.308 e. The molecule has 2 aromatic rings. The molecule has 30 heavy (non-hydrogen) atoms. The van der Waals surface area contributed by atoms with Gasteiger partial charge in [-0.2, -0.15) is 0 Å². The van der Waals surface area contributed by atoms with E-state index < -0.39 is 0 Å². The summed E-state index contributed by atoms with van der Waals surface area (Å²) in [6, 6.07) is 15.7. The number of nitrogens with zero attached hydrogens (tertiary/aromatic N) is 2. The van der Waals surface area contributed by atoms with Crippen molar-refractivity contribution in [3.63, 3.8) is 0 Å². The first-order valence-corrected chi connectivity index (χ1v) is 11.0. The number of benzene rings is 2. The Morgan fingerprint density at radius 3 is 1.37 bits per heavy atom. The van der Waals surface area contributed by atoms with Gasteiger partial charge in [-0.15, -0.1) is 0 Å². The molecule has 2 aliphatic heterocycles. The third-order valence-corrected chi connectivity index (χ3v) is 5.96. The third kappa shape index (κ3) is 3.45. The van der Waals surface area contributed by atoms with Crippen molar-refractivity contribution in [2.75, 3.05) is 22.9 Å². The van der Waals surface area contributed by atoms with E-state index in [-0.39, 0.29) is 11.8 Å². The highest BCUT2D eigenvalue weighted by Gasteiger charge is 2.41. The summed E-state index contributed by atoms with van der Waals surface area (Å²) in [5, 5.41) is 0. The van der Waals surface area contributed by atoms with E-state index in [0.29, 0.717) is 36.1 Å². The number of amides is 2. The van der Waals surface area contributed by atoms with Crippen molar-refractivity contribution in [3.8, 4) is 0 Å². The summed E-state index contributed by atoms with van der Waals surface area (Å²) >= 11 is 0. The molecule has 0 aromatic heterocycles. The van der Waals surface area contributed by atoms with Gasteiger partial charge in [-0.25, -0.2) is 0 Å². The van der Waals surface area contributed by atoms with Crippen molar-refractivity contribution >= 4 is 34.3 Å². The molecule has 4 rings (SSSR count). The van der Waals surface area contributed by atoms with Gasteiger partial charge in [-0.3, -0.25) is 9.59 Å². The average Bonchev–Trinajstić information content (AvgIpc) is 3.14. The second-order valence-corrected chi connectivity index (χ2v) is 9.06. The van der Waals surface area contributed by atoms with Crippen LogP contribution in [0.4, 0.5) is 11.4 Å². The van der Waals surface area contributed by atoms with Gasteiger partial charge in [0, 0.05) is 24.2 Å². The number of carbonyl (C=O) groups excluding carboxylic acids is 2. The molecule has 156 valence electrons. The first-order chi connectivity index (χ1) is 14.4. The van der Waals surface area contributed by atoms with Crippen LogP contribution in [0, 0.1) is 11.8 Å². The molecule has 0 bridgehead atoms. The summed E-state index contributed by atoms with van der Waals surface area (Å²) in [5.41, 5.74) is 4.68. The van der Waals surface area contributed by atoms with Crippen molar-refractivity contribution in [2.24, 2.45) is 11.8 Å². The molecular formula is C26H30N2O2. The van der Waals surface area contributed by atoms with Gasteiger partial charge in [0.15, 0.2) is 0 Å². The molecule has 0 saturated carbocycles. The predicted molar refractivity (Wildman–Crippen MR) is 123 cm³/mol. The van der Waals surface area contributed by atoms with E-state index in [1.807, 2.05) is 58.3 Å². The van der Waals surface area contributed by atoms with E-state index in [0.717, 1.165) is 35.3 Å². The maximum atomic E-state index is 13.6. The molecule has 0 spiro atoms. The van der Waals surface area contributed by atoms with Crippen LogP contribution >= 0.6 is 0 Å². The lowest BCUT2D eigenvalue weighted by Crippen LogP contribution is -2.30. The van der Waals surface area contributed by atoms with Gasteiger partial charge in [0.05, 0.1) is 22.5 Å². The van der Waals surface area contributed by atoms with Crippen LogP contribution < -0.4 is 9.80 Å². The lowest BCUT2D eigenvalue weighted by Gasteiger charge is -2.18. The largest absolute Gasteiger partial charge is 0.308 e.